The first-order valence-corrected chi connectivity index (χ1v) is 4.78. The monoisotopic (exact) mass is 187 g/mol. The second-order valence-electron chi connectivity index (χ2n) is 3.84. The highest BCUT2D eigenvalue weighted by atomic mass is 19.1. The lowest BCUT2D eigenvalue weighted by Gasteiger charge is -2.24. The maximum absolute atomic E-state index is 13.6. The van der Waals surface area contributed by atoms with Crippen LogP contribution in [0.2, 0.25) is 0 Å². The fourth-order valence-corrected chi connectivity index (χ4v) is 2.33. The van der Waals surface area contributed by atoms with Crippen LogP contribution < -0.4 is 5.32 Å². The number of rotatable bonds is 2. The third-order valence-electron chi connectivity index (χ3n) is 2.92. The Labute approximate surface area is 76.6 Å². The summed E-state index contributed by atoms with van der Waals surface area (Å²) in [7, 11) is 0. The van der Waals surface area contributed by atoms with Gasteiger partial charge in [-0.15, -0.1) is 0 Å². The number of alkyl halides is 1. The molecule has 2 bridgehead atoms. The third-order valence-corrected chi connectivity index (χ3v) is 2.92. The van der Waals surface area contributed by atoms with Crippen LogP contribution in [0.3, 0.4) is 0 Å². The van der Waals surface area contributed by atoms with Gasteiger partial charge in [0, 0.05) is 0 Å². The minimum absolute atomic E-state index is 0.143. The molecule has 3 atom stereocenters. The first-order valence-electron chi connectivity index (χ1n) is 4.78. The average molecular weight is 187 g/mol. The van der Waals surface area contributed by atoms with E-state index in [0.717, 1.165) is 6.42 Å². The number of ether oxygens (including phenoxy) is 1. The Bertz CT molecular complexity index is 234. The van der Waals surface area contributed by atoms with Crippen LogP contribution in [0.4, 0.5) is 4.39 Å². The van der Waals surface area contributed by atoms with Crippen molar-refractivity contribution in [2.24, 2.45) is 5.92 Å². The van der Waals surface area contributed by atoms with Crippen molar-refractivity contribution in [3.8, 4) is 0 Å². The van der Waals surface area contributed by atoms with Gasteiger partial charge in [0.2, 0.25) is 0 Å². The predicted molar refractivity (Wildman–Crippen MR) is 44.7 cm³/mol. The molecule has 0 amide bonds. The number of carbonyl (C=O) groups is 1. The maximum atomic E-state index is 13.6. The summed E-state index contributed by atoms with van der Waals surface area (Å²) in [6.07, 6.45) is 1.80. The summed E-state index contributed by atoms with van der Waals surface area (Å²) in [5.74, 6) is -1.45. The van der Waals surface area contributed by atoms with Crippen LogP contribution in [0.5, 0.6) is 0 Å². The van der Waals surface area contributed by atoms with Gasteiger partial charge >= 0.3 is 5.97 Å². The average Bonchev–Trinajstić information content (AvgIpc) is 2.59. The Morgan fingerprint density at radius 2 is 2.54 bits per heavy atom. The molecule has 1 N–H and O–H groups in total. The van der Waals surface area contributed by atoms with Crippen LogP contribution in [0.25, 0.3) is 0 Å². The van der Waals surface area contributed by atoms with Crippen molar-refractivity contribution in [1.29, 1.82) is 0 Å². The molecule has 2 aliphatic rings. The van der Waals surface area contributed by atoms with E-state index >= 15 is 0 Å². The van der Waals surface area contributed by atoms with Gasteiger partial charge in [-0.25, -0.2) is 4.39 Å². The zero-order chi connectivity index (χ0) is 9.47. The second-order valence-corrected chi connectivity index (χ2v) is 3.84. The molecule has 2 rings (SSSR count). The van der Waals surface area contributed by atoms with Crippen molar-refractivity contribution in [2.45, 2.75) is 38.0 Å². The van der Waals surface area contributed by atoms with Gasteiger partial charge in [-0.3, -0.25) is 10.1 Å². The number of hydrogen-bond acceptors (Lipinski definition) is 3. The van der Waals surface area contributed by atoms with E-state index in [1.54, 1.807) is 6.92 Å². The van der Waals surface area contributed by atoms with Gasteiger partial charge in [-0.2, -0.15) is 0 Å². The van der Waals surface area contributed by atoms with Gasteiger partial charge in [0.15, 0.2) is 5.79 Å². The number of hydrogen-bond donors (Lipinski definition) is 1. The van der Waals surface area contributed by atoms with Gasteiger partial charge in [-0.1, -0.05) is 0 Å². The van der Waals surface area contributed by atoms with Crippen LogP contribution in [-0.2, 0) is 9.53 Å². The van der Waals surface area contributed by atoms with Gasteiger partial charge < -0.3 is 4.74 Å². The van der Waals surface area contributed by atoms with Crippen LogP contribution in [-0.4, -0.2) is 24.4 Å². The number of carbonyl (C=O) groups excluding carboxylic acids is 1. The van der Waals surface area contributed by atoms with E-state index in [1.807, 2.05) is 0 Å². The fraction of sp³-hybridized carbons (Fsp3) is 0.889. The first-order chi connectivity index (χ1) is 6.14. The van der Waals surface area contributed by atoms with Gasteiger partial charge in [0.25, 0.3) is 0 Å². The van der Waals surface area contributed by atoms with Crippen LogP contribution in [0, 0.1) is 5.92 Å². The smallest absolute Gasteiger partial charge is 0.323 e. The molecule has 4 heteroatoms. The van der Waals surface area contributed by atoms with E-state index < -0.39 is 11.8 Å². The standard InChI is InChI=1S/C9H14FNO2/c1-2-13-8(12)7-6-3-4-9(10,5-6)11-7/h6-7,11H,2-5H2,1H3/t6-,7+,9+/m0/s1. The van der Waals surface area contributed by atoms with E-state index in [2.05, 4.69) is 5.32 Å². The summed E-state index contributed by atoms with van der Waals surface area (Å²) in [6, 6.07) is -0.404. The molecule has 0 spiro atoms. The Kier molecular flexibility index (Phi) is 2.02. The molecular weight excluding hydrogens is 173 g/mol. The molecule has 1 heterocycles. The minimum Gasteiger partial charge on any atom is -0.465 e. The fourth-order valence-electron chi connectivity index (χ4n) is 2.33. The molecule has 1 saturated heterocycles. The molecule has 0 aromatic heterocycles. The Hall–Kier alpha value is -0.640. The van der Waals surface area contributed by atoms with Crippen LogP contribution >= 0.6 is 0 Å². The summed E-state index contributed by atoms with van der Waals surface area (Å²) in [4.78, 5) is 11.3. The van der Waals surface area contributed by atoms with Crippen molar-refractivity contribution >= 4 is 5.97 Å². The van der Waals surface area contributed by atoms with E-state index in [4.69, 9.17) is 4.74 Å². The van der Waals surface area contributed by atoms with Crippen LogP contribution in [0.15, 0.2) is 0 Å². The molecule has 3 nitrogen and oxygen atoms in total. The van der Waals surface area contributed by atoms with E-state index in [0.29, 0.717) is 19.4 Å². The highest BCUT2D eigenvalue weighted by Gasteiger charge is 2.53. The van der Waals surface area contributed by atoms with Crippen molar-refractivity contribution < 1.29 is 13.9 Å². The highest BCUT2D eigenvalue weighted by Crippen LogP contribution is 2.44. The Balaban J connectivity index is 2.00. The minimum atomic E-state index is -1.29. The number of fused-ring (bicyclic) bond motifs is 2. The molecule has 1 aliphatic carbocycles. The third kappa shape index (κ3) is 1.43. The van der Waals surface area contributed by atoms with E-state index in [9.17, 15) is 9.18 Å². The summed E-state index contributed by atoms with van der Waals surface area (Å²) < 4.78 is 18.5. The predicted octanol–water partition coefficient (Wildman–Crippen LogP) is 0.987. The Morgan fingerprint density at radius 3 is 3.00 bits per heavy atom. The Morgan fingerprint density at radius 1 is 1.77 bits per heavy atom. The SMILES string of the molecule is CCOC(=O)[C@@H]1N[C@]2(F)CC[C@H]1C2. The molecule has 1 aliphatic heterocycles. The molecule has 0 aromatic carbocycles. The van der Waals surface area contributed by atoms with Gasteiger partial charge in [0.05, 0.1) is 6.61 Å². The highest BCUT2D eigenvalue weighted by molar-refractivity contribution is 5.77. The maximum Gasteiger partial charge on any atom is 0.323 e. The summed E-state index contributed by atoms with van der Waals surface area (Å²) >= 11 is 0. The molecule has 0 aromatic rings. The summed E-state index contributed by atoms with van der Waals surface area (Å²) in [6.45, 7) is 2.12. The lowest BCUT2D eigenvalue weighted by atomic mass is 10.0. The lowest BCUT2D eigenvalue weighted by Crippen LogP contribution is -2.47. The summed E-state index contributed by atoms with van der Waals surface area (Å²) in [5, 5.41) is 2.71. The van der Waals surface area contributed by atoms with Gasteiger partial charge in [-0.05, 0) is 32.1 Å². The topological polar surface area (TPSA) is 38.3 Å². The normalized spacial score (nSPS) is 42.3. The molecule has 13 heavy (non-hydrogen) atoms. The largest absolute Gasteiger partial charge is 0.465 e. The van der Waals surface area contributed by atoms with Crippen molar-refractivity contribution in [3.63, 3.8) is 0 Å². The number of esters is 1. The zero-order valence-electron chi connectivity index (χ0n) is 7.68. The number of piperidine rings is 1. The number of halogens is 1. The molecular formula is C9H14FNO2. The van der Waals surface area contributed by atoms with Crippen LogP contribution in [0.1, 0.15) is 26.2 Å². The zero-order valence-corrected chi connectivity index (χ0v) is 7.68. The van der Waals surface area contributed by atoms with Gasteiger partial charge in [0.1, 0.15) is 6.04 Å². The molecule has 2 fully saturated rings. The van der Waals surface area contributed by atoms with E-state index in [-0.39, 0.29) is 11.9 Å². The molecule has 0 radical (unpaired) electrons. The quantitative estimate of drug-likeness (QED) is 0.517. The van der Waals surface area contributed by atoms with Crippen molar-refractivity contribution in [2.75, 3.05) is 6.61 Å². The second kappa shape index (κ2) is 2.94. The molecule has 74 valence electrons. The van der Waals surface area contributed by atoms with Crippen molar-refractivity contribution in [1.82, 2.24) is 5.32 Å². The summed E-state index contributed by atoms with van der Waals surface area (Å²) in [5.41, 5.74) is 0. The van der Waals surface area contributed by atoms with Crippen molar-refractivity contribution in [3.05, 3.63) is 0 Å². The molecule has 1 saturated carbocycles. The lowest BCUT2D eigenvalue weighted by molar-refractivity contribution is -0.147. The molecule has 0 unspecified atom stereocenters. The van der Waals surface area contributed by atoms with E-state index in [1.165, 1.54) is 0 Å². The first kappa shape index (κ1) is 8.94. The number of nitrogens with one attached hydrogen (secondary N) is 1.